The molecule has 0 fully saturated rings. The summed E-state index contributed by atoms with van der Waals surface area (Å²) in [5, 5.41) is 9.43. The lowest BCUT2D eigenvalue weighted by molar-refractivity contribution is 0.593. The maximum Gasteiger partial charge on any atom is 0.275 e. The first-order valence-corrected chi connectivity index (χ1v) is 11.2. The number of benzene rings is 1. The van der Waals surface area contributed by atoms with Gasteiger partial charge in [0.1, 0.15) is 10.8 Å². The standard InChI is InChI=1S/C20H18FN5OS2/c1-2-13-10-16(27)26-20(22-13)29-19(25-26)23-14-4-3-5-15-17(14)24-18(28-15)11-6-8-12(21)9-7-11/h6-10,14H,2-5H2,1H3,(H,23,25). The van der Waals surface area contributed by atoms with Gasteiger partial charge in [-0.05, 0) is 49.9 Å². The van der Waals surface area contributed by atoms with Crippen molar-refractivity contribution in [2.24, 2.45) is 0 Å². The van der Waals surface area contributed by atoms with Gasteiger partial charge in [-0.25, -0.2) is 14.4 Å². The predicted molar refractivity (Wildman–Crippen MR) is 113 cm³/mol. The van der Waals surface area contributed by atoms with Crippen molar-refractivity contribution in [3.8, 4) is 10.6 Å². The summed E-state index contributed by atoms with van der Waals surface area (Å²) in [6.45, 7) is 1.98. The number of hydrogen-bond acceptors (Lipinski definition) is 7. The third-order valence-corrected chi connectivity index (χ3v) is 7.02. The van der Waals surface area contributed by atoms with Crippen LogP contribution >= 0.6 is 22.7 Å². The highest BCUT2D eigenvalue weighted by molar-refractivity contribution is 7.20. The van der Waals surface area contributed by atoms with Gasteiger partial charge in [0, 0.05) is 22.2 Å². The first-order valence-electron chi connectivity index (χ1n) is 9.52. The van der Waals surface area contributed by atoms with E-state index in [2.05, 4.69) is 15.4 Å². The Morgan fingerprint density at radius 2 is 2.07 bits per heavy atom. The summed E-state index contributed by atoms with van der Waals surface area (Å²) in [7, 11) is 0. The number of thiazole rings is 1. The van der Waals surface area contributed by atoms with Gasteiger partial charge < -0.3 is 5.32 Å². The van der Waals surface area contributed by atoms with Crippen LogP contribution in [-0.2, 0) is 12.8 Å². The number of rotatable bonds is 4. The largest absolute Gasteiger partial charge is 0.352 e. The minimum atomic E-state index is -0.250. The number of nitrogens with one attached hydrogen (secondary N) is 1. The fourth-order valence-electron chi connectivity index (χ4n) is 3.52. The lowest BCUT2D eigenvalue weighted by Crippen LogP contribution is -2.18. The highest BCUT2D eigenvalue weighted by Crippen LogP contribution is 2.39. The molecule has 0 saturated heterocycles. The van der Waals surface area contributed by atoms with Crippen molar-refractivity contribution >= 4 is 32.8 Å². The topological polar surface area (TPSA) is 72.2 Å². The number of hydrogen-bond donors (Lipinski definition) is 1. The van der Waals surface area contributed by atoms with Crippen LogP contribution in [-0.4, -0.2) is 19.6 Å². The lowest BCUT2D eigenvalue weighted by Gasteiger charge is -2.21. The molecular weight excluding hydrogens is 409 g/mol. The molecule has 1 aromatic carbocycles. The molecule has 1 atom stereocenters. The van der Waals surface area contributed by atoms with Crippen molar-refractivity contribution in [2.45, 2.75) is 38.6 Å². The Morgan fingerprint density at radius 1 is 1.24 bits per heavy atom. The van der Waals surface area contributed by atoms with E-state index >= 15 is 0 Å². The summed E-state index contributed by atoms with van der Waals surface area (Å²) < 4.78 is 14.6. The molecular formula is C20H18FN5OS2. The molecule has 1 unspecified atom stereocenters. The Hall–Kier alpha value is -2.65. The number of fused-ring (bicyclic) bond motifs is 2. The normalized spacial score (nSPS) is 16.1. The minimum absolute atomic E-state index is 0.0334. The predicted octanol–water partition coefficient (Wildman–Crippen LogP) is 4.47. The maximum atomic E-state index is 13.2. The molecule has 0 amide bonds. The van der Waals surface area contributed by atoms with Gasteiger partial charge in [-0.3, -0.25) is 4.79 Å². The number of aromatic nitrogens is 4. The summed E-state index contributed by atoms with van der Waals surface area (Å²) in [6.07, 6.45) is 3.70. The van der Waals surface area contributed by atoms with Gasteiger partial charge in [0.25, 0.3) is 5.56 Å². The third kappa shape index (κ3) is 3.44. The molecule has 0 radical (unpaired) electrons. The number of aryl methyl sites for hydroxylation is 2. The molecule has 29 heavy (non-hydrogen) atoms. The molecule has 1 aliphatic carbocycles. The molecule has 6 nitrogen and oxygen atoms in total. The average Bonchev–Trinajstić information content (AvgIpc) is 3.33. The molecule has 0 bridgehead atoms. The second-order valence-electron chi connectivity index (χ2n) is 6.96. The van der Waals surface area contributed by atoms with Crippen LogP contribution in [0.4, 0.5) is 9.52 Å². The Labute approximate surface area is 174 Å². The van der Waals surface area contributed by atoms with E-state index in [1.165, 1.54) is 38.9 Å². The molecule has 3 aromatic heterocycles. The molecule has 4 aromatic rings. The fraction of sp³-hybridized carbons (Fsp3) is 0.300. The SMILES string of the molecule is CCc1cc(=O)n2nc(NC3CCCc4sc(-c5ccc(F)cc5)nc43)sc2n1. The van der Waals surface area contributed by atoms with E-state index in [9.17, 15) is 9.18 Å². The van der Waals surface area contributed by atoms with Crippen molar-refractivity contribution in [3.63, 3.8) is 0 Å². The van der Waals surface area contributed by atoms with E-state index in [-0.39, 0.29) is 17.4 Å². The van der Waals surface area contributed by atoms with Crippen LogP contribution in [0.15, 0.2) is 35.1 Å². The molecule has 148 valence electrons. The maximum absolute atomic E-state index is 13.2. The smallest absolute Gasteiger partial charge is 0.275 e. The van der Waals surface area contributed by atoms with Crippen molar-refractivity contribution in [1.29, 1.82) is 0 Å². The number of anilines is 1. The summed E-state index contributed by atoms with van der Waals surface area (Å²) in [6, 6.07) is 8.01. The molecule has 1 aliphatic rings. The van der Waals surface area contributed by atoms with Crippen molar-refractivity contribution in [3.05, 3.63) is 62.8 Å². The van der Waals surface area contributed by atoms with Crippen LogP contribution in [0.5, 0.6) is 0 Å². The first-order chi connectivity index (χ1) is 14.1. The van der Waals surface area contributed by atoms with Crippen molar-refractivity contribution < 1.29 is 4.39 Å². The molecule has 9 heteroatoms. The van der Waals surface area contributed by atoms with Crippen LogP contribution in [0.2, 0.25) is 0 Å². The summed E-state index contributed by atoms with van der Waals surface area (Å²) >= 11 is 3.04. The van der Waals surface area contributed by atoms with Crippen LogP contribution in [0.3, 0.4) is 0 Å². The zero-order chi connectivity index (χ0) is 20.0. The lowest BCUT2D eigenvalue weighted by atomic mass is 9.98. The van der Waals surface area contributed by atoms with Gasteiger partial charge >= 0.3 is 0 Å². The Bertz CT molecular complexity index is 1240. The van der Waals surface area contributed by atoms with E-state index in [0.29, 0.717) is 16.5 Å². The summed E-state index contributed by atoms with van der Waals surface area (Å²) in [5.74, 6) is -0.250. The highest BCUT2D eigenvalue weighted by Gasteiger charge is 2.26. The summed E-state index contributed by atoms with van der Waals surface area (Å²) in [4.78, 5) is 23.4. The van der Waals surface area contributed by atoms with E-state index < -0.39 is 0 Å². The minimum Gasteiger partial charge on any atom is -0.352 e. The third-order valence-electron chi connectivity index (χ3n) is 5.00. The van der Waals surface area contributed by atoms with E-state index in [0.717, 1.165) is 41.2 Å². The second kappa shape index (κ2) is 7.31. The molecule has 3 heterocycles. The molecule has 0 aliphatic heterocycles. The second-order valence-corrected chi connectivity index (χ2v) is 9.00. The monoisotopic (exact) mass is 427 g/mol. The van der Waals surface area contributed by atoms with Crippen LogP contribution in [0.1, 0.15) is 42.1 Å². The van der Waals surface area contributed by atoms with E-state index in [4.69, 9.17) is 4.98 Å². The number of halogens is 1. The quantitative estimate of drug-likeness (QED) is 0.520. The van der Waals surface area contributed by atoms with Crippen molar-refractivity contribution in [2.75, 3.05) is 5.32 Å². The van der Waals surface area contributed by atoms with Crippen molar-refractivity contribution in [1.82, 2.24) is 19.6 Å². The highest BCUT2D eigenvalue weighted by atomic mass is 32.1. The summed E-state index contributed by atoms with van der Waals surface area (Å²) in [5.41, 5.74) is 2.56. The van der Waals surface area contributed by atoms with Gasteiger partial charge in [0.05, 0.1) is 11.7 Å². The van der Waals surface area contributed by atoms with E-state index in [1.807, 2.05) is 6.92 Å². The van der Waals surface area contributed by atoms with Gasteiger partial charge in [-0.15, -0.1) is 16.4 Å². The fourth-order valence-corrected chi connectivity index (χ4v) is 5.57. The molecule has 0 spiro atoms. The average molecular weight is 428 g/mol. The zero-order valence-electron chi connectivity index (χ0n) is 15.7. The van der Waals surface area contributed by atoms with Gasteiger partial charge in [0.15, 0.2) is 0 Å². The van der Waals surface area contributed by atoms with Crippen LogP contribution < -0.4 is 10.9 Å². The Kier molecular flexibility index (Phi) is 4.63. The van der Waals surface area contributed by atoms with Gasteiger partial charge in [0.2, 0.25) is 10.1 Å². The van der Waals surface area contributed by atoms with Crippen LogP contribution in [0, 0.1) is 5.82 Å². The first kappa shape index (κ1) is 18.4. The molecule has 0 saturated carbocycles. The zero-order valence-corrected chi connectivity index (χ0v) is 17.3. The van der Waals surface area contributed by atoms with Gasteiger partial charge in [-0.2, -0.15) is 4.52 Å². The van der Waals surface area contributed by atoms with Gasteiger partial charge in [-0.1, -0.05) is 18.3 Å². The van der Waals surface area contributed by atoms with E-state index in [1.54, 1.807) is 23.5 Å². The molecule has 5 rings (SSSR count). The number of nitrogens with zero attached hydrogens (tertiary/aromatic N) is 4. The molecule has 1 N–H and O–H groups in total. The van der Waals surface area contributed by atoms with Crippen LogP contribution in [0.25, 0.3) is 15.5 Å². The Balaban J connectivity index is 1.46. The Morgan fingerprint density at radius 3 is 2.86 bits per heavy atom.